The van der Waals surface area contributed by atoms with Crippen molar-refractivity contribution >= 4 is 17.4 Å². The number of nitrogens with zero attached hydrogens (tertiary/aromatic N) is 2. The Labute approximate surface area is 92.1 Å². The first-order chi connectivity index (χ1) is 7.33. The molecule has 0 atom stereocenters. The summed E-state index contributed by atoms with van der Waals surface area (Å²) in [5.74, 6) is 0.552. The van der Waals surface area contributed by atoms with Gasteiger partial charge in [0.1, 0.15) is 0 Å². The van der Waals surface area contributed by atoms with Gasteiger partial charge in [-0.1, -0.05) is 17.8 Å². The maximum Gasteiger partial charge on any atom is 0.276 e. The molecule has 1 aromatic carbocycles. The van der Waals surface area contributed by atoms with E-state index in [9.17, 15) is 0 Å². The molecule has 0 bridgehead atoms. The van der Waals surface area contributed by atoms with Crippen molar-refractivity contribution in [1.82, 2.24) is 10.2 Å². The largest absolute Gasteiger partial charge is 0.411 e. The lowest BCUT2D eigenvalue weighted by molar-refractivity contribution is 0.466. The second kappa shape index (κ2) is 4.35. The fraction of sp³-hybridized carbons (Fsp3) is 0.200. The van der Waals surface area contributed by atoms with E-state index in [2.05, 4.69) is 15.5 Å². The number of hydrogen-bond acceptors (Lipinski definition) is 5. The summed E-state index contributed by atoms with van der Waals surface area (Å²) in [6.45, 7) is 0. The minimum atomic E-state index is 0.552. The van der Waals surface area contributed by atoms with Crippen LogP contribution in [0.4, 0.5) is 5.69 Å². The molecule has 0 aliphatic carbocycles. The molecular weight excluding hydrogens is 210 g/mol. The van der Waals surface area contributed by atoms with Crippen molar-refractivity contribution < 1.29 is 4.42 Å². The molecule has 0 spiro atoms. The van der Waals surface area contributed by atoms with E-state index in [1.54, 1.807) is 0 Å². The molecule has 0 fully saturated rings. The van der Waals surface area contributed by atoms with Crippen LogP contribution < -0.4 is 5.32 Å². The van der Waals surface area contributed by atoms with Gasteiger partial charge in [0.05, 0.1) is 0 Å². The third-order valence-electron chi connectivity index (χ3n) is 1.98. The van der Waals surface area contributed by atoms with Crippen molar-refractivity contribution in [3.05, 3.63) is 24.3 Å². The van der Waals surface area contributed by atoms with E-state index in [0.717, 1.165) is 11.3 Å². The molecule has 0 aliphatic rings. The van der Waals surface area contributed by atoms with E-state index in [0.29, 0.717) is 11.1 Å². The minimum Gasteiger partial charge on any atom is -0.411 e. The normalized spacial score (nSPS) is 10.3. The molecule has 5 heteroatoms. The first-order valence-electron chi connectivity index (χ1n) is 4.49. The minimum absolute atomic E-state index is 0.552. The van der Waals surface area contributed by atoms with E-state index in [1.807, 2.05) is 37.6 Å². The predicted octanol–water partition coefficient (Wildman–Crippen LogP) is 2.50. The van der Waals surface area contributed by atoms with Crippen LogP contribution >= 0.6 is 11.8 Å². The lowest BCUT2D eigenvalue weighted by Crippen LogP contribution is -1.87. The molecule has 1 heterocycles. The monoisotopic (exact) mass is 221 g/mol. The number of nitrogens with one attached hydrogen (secondary N) is 1. The highest BCUT2D eigenvalue weighted by Gasteiger charge is 2.07. The Hall–Kier alpha value is -1.49. The Bertz CT molecular complexity index is 455. The van der Waals surface area contributed by atoms with Gasteiger partial charge in [-0.05, 0) is 24.5 Å². The fourth-order valence-electron chi connectivity index (χ4n) is 1.22. The average Bonchev–Trinajstić information content (AvgIpc) is 2.78. The first kappa shape index (κ1) is 10.0. The molecule has 0 radical (unpaired) electrons. The number of rotatable bonds is 3. The Balaban J connectivity index is 2.35. The molecule has 0 saturated carbocycles. The number of anilines is 1. The summed E-state index contributed by atoms with van der Waals surface area (Å²) in [5.41, 5.74) is 1.95. The third-order valence-corrected chi connectivity index (χ3v) is 2.49. The van der Waals surface area contributed by atoms with E-state index < -0.39 is 0 Å². The van der Waals surface area contributed by atoms with Crippen LogP contribution in [-0.4, -0.2) is 23.5 Å². The van der Waals surface area contributed by atoms with Gasteiger partial charge in [-0.2, -0.15) is 0 Å². The van der Waals surface area contributed by atoms with Crippen LogP contribution in [0, 0.1) is 0 Å². The van der Waals surface area contributed by atoms with Crippen LogP contribution in [-0.2, 0) is 0 Å². The molecule has 4 nitrogen and oxygen atoms in total. The van der Waals surface area contributed by atoms with Gasteiger partial charge in [0.25, 0.3) is 5.22 Å². The molecule has 0 saturated heterocycles. The van der Waals surface area contributed by atoms with Gasteiger partial charge in [-0.15, -0.1) is 10.2 Å². The van der Waals surface area contributed by atoms with E-state index in [1.165, 1.54) is 11.8 Å². The predicted molar refractivity (Wildman–Crippen MR) is 61.1 cm³/mol. The molecule has 1 aromatic heterocycles. The van der Waals surface area contributed by atoms with Crippen molar-refractivity contribution in [2.45, 2.75) is 5.22 Å². The number of hydrogen-bond donors (Lipinski definition) is 1. The lowest BCUT2D eigenvalue weighted by Gasteiger charge is -2.00. The second-order valence-corrected chi connectivity index (χ2v) is 3.67. The van der Waals surface area contributed by atoms with E-state index >= 15 is 0 Å². The highest BCUT2D eigenvalue weighted by molar-refractivity contribution is 7.98. The van der Waals surface area contributed by atoms with Crippen molar-refractivity contribution in [3.8, 4) is 11.5 Å². The maximum absolute atomic E-state index is 5.43. The van der Waals surface area contributed by atoms with Gasteiger partial charge in [-0.3, -0.25) is 0 Å². The molecule has 1 N–H and O–H groups in total. The smallest absolute Gasteiger partial charge is 0.276 e. The molecule has 0 unspecified atom stereocenters. The van der Waals surface area contributed by atoms with Crippen LogP contribution in [0.5, 0.6) is 0 Å². The van der Waals surface area contributed by atoms with Crippen molar-refractivity contribution in [2.24, 2.45) is 0 Å². The van der Waals surface area contributed by atoms with Gasteiger partial charge in [0.2, 0.25) is 5.89 Å². The van der Waals surface area contributed by atoms with Gasteiger partial charge in [0, 0.05) is 18.3 Å². The number of benzene rings is 1. The van der Waals surface area contributed by atoms with Gasteiger partial charge < -0.3 is 9.73 Å². The average molecular weight is 221 g/mol. The van der Waals surface area contributed by atoms with Crippen LogP contribution in [0.25, 0.3) is 11.5 Å². The number of aromatic nitrogens is 2. The van der Waals surface area contributed by atoms with Gasteiger partial charge in [-0.25, -0.2) is 0 Å². The third kappa shape index (κ3) is 2.12. The molecule has 78 valence electrons. The van der Waals surface area contributed by atoms with E-state index in [-0.39, 0.29) is 0 Å². The summed E-state index contributed by atoms with van der Waals surface area (Å²) in [6.07, 6.45) is 1.90. The van der Waals surface area contributed by atoms with Gasteiger partial charge in [0.15, 0.2) is 0 Å². The van der Waals surface area contributed by atoms with Crippen molar-refractivity contribution in [2.75, 3.05) is 18.6 Å². The zero-order valence-corrected chi connectivity index (χ0v) is 9.34. The molecule has 2 rings (SSSR count). The van der Waals surface area contributed by atoms with Crippen LogP contribution in [0.15, 0.2) is 33.9 Å². The standard InChI is InChI=1S/C10H11N3OS/c1-11-8-5-3-4-7(6-8)9-12-13-10(14-9)15-2/h3-6,11H,1-2H3. The van der Waals surface area contributed by atoms with Crippen molar-refractivity contribution in [3.63, 3.8) is 0 Å². The van der Waals surface area contributed by atoms with E-state index in [4.69, 9.17) is 4.42 Å². The first-order valence-corrected chi connectivity index (χ1v) is 5.71. The lowest BCUT2D eigenvalue weighted by atomic mass is 10.2. The second-order valence-electron chi connectivity index (χ2n) is 2.91. The molecule has 15 heavy (non-hydrogen) atoms. The summed E-state index contributed by atoms with van der Waals surface area (Å²) in [6, 6.07) is 7.84. The van der Waals surface area contributed by atoms with Crippen molar-refractivity contribution in [1.29, 1.82) is 0 Å². The highest BCUT2D eigenvalue weighted by Crippen LogP contribution is 2.23. The summed E-state index contributed by atoms with van der Waals surface area (Å²) in [4.78, 5) is 0. The van der Waals surface area contributed by atoms with Crippen LogP contribution in [0.2, 0.25) is 0 Å². The SMILES string of the molecule is CNc1cccc(-c2nnc(SC)o2)c1. The highest BCUT2D eigenvalue weighted by atomic mass is 32.2. The molecule has 2 aromatic rings. The number of thioether (sulfide) groups is 1. The zero-order chi connectivity index (χ0) is 10.7. The summed E-state index contributed by atoms with van der Waals surface area (Å²) >= 11 is 1.44. The van der Waals surface area contributed by atoms with Crippen LogP contribution in [0.1, 0.15) is 0 Å². The molecule has 0 aliphatic heterocycles. The fourth-order valence-corrected chi connectivity index (χ4v) is 1.50. The van der Waals surface area contributed by atoms with Gasteiger partial charge >= 0.3 is 0 Å². The Kier molecular flexibility index (Phi) is 2.91. The molecule has 0 amide bonds. The quantitative estimate of drug-likeness (QED) is 0.807. The Morgan fingerprint density at radius 2 is 2.20 bits per heavy atom. The Morgan fingerprint density at radius 1 is 1.33 bits per heavy atom. The topological polar surface area (TPSA) is 51.0 Å². The molecular formula is C10H11N3OS. The van der Waals surface area contributed by atoms with Crippen LogP contribution in [0.3, 0.4) is 0 Å². The maximum atomic E-state index is 5.43. The summed E-state index contributed by atoms with van der Waals surface area (Å²) < 4.78 is 5.43. The summed E-state index contributed by atoms with van der Waals surface area (Å²) in [5, 5.41) is 11.5. The summed E-state index contributed by atoms with van der Waals surface area (Å²) in [7, 11) is 1.88. The Morgan fingerprint density at radius 3 is 2.87 bits per heavy atom. The zero-order valence-electron chi connectivity index (χ0n) is 8.52.